The first-order valence-corrected chi connectivity index (χ1v) is 6.49. The highest BCUT2D eigenvalue weighted by atomic mass is 32.1. The maximum atomic E-state index is 12.8. The summed E-state index contributed by atoms with van der Waals surface area (Å²) in [5.41, 5.74) is 6.41. The highest BCUT2D eigenvalue weighted by Gasteiger charge is 2.32. The summed E-state index contributed by atoms with van der Waals surface area (Å²) >= 11 is 1.47. The Hall–Kier alpha value is -1.69. The van der Waals surface area contributed by atoms with Crippen molar-refractivity contribution < 1.29 is 13.2 Å². The Morgan fingerprint density at radius 3 is 2.58 bits per heavy atom. The van der Waals surface area contributed by atoms with E-state index in [1.54, 1.807) is 12.1 Å². The Morgan fingerprint density at radius 2 is 2.00 bits per heavy atom. The monoisotopic (exact) mass is 286 g/mol. The molecule has 0 spiro atoms. The predicted molar refractivity (Wildman–Crippen MR) is 72.2 cm³/mol. The van der Waals surface area contributed by atoms with E-state index >= 15 is 0 Å². The zero-order valence-electron chi connectivity index (χ0n) is 10.2. The van der Waals surface area contributed by atoms with Crippen molar-refractivity contribution >= 4 is 22.7 Å². The van der Waals surface area contributed by atoms with Crippen molar-refractivity contribution in [3.05, 3.63) is 45.6 Å². The number of thiophene rings is 1. The molecule has 0 fully saturated rings. The highest BCUT2D eigenvalue weighted by Crippen LogP contribution is 2.33. The highest BCUT2D eigenvalue weighted by molar-refractivity contribution is 7.10. The normalized spacial score (nSPS) is 11.6. The van der Waals surface area contributed by atoms with Crippen LogP contribution in [0.5, 0.6) is 0 Å². The van der Waals surface area contributed by atoms with E-state index in [-0.39, 0.29) is 5.56 Å². The summed E-state index contributed by atoms with van der Waals surface area (Å²) < 4.78 is 38.3. The minimum absolute atomic E-state index is 0.216. The molecule has 19 heavy (non-hydrogen) atoms. The summed E-state index contributed by atoms with van der Waals surface area (Å²) in [6.07, 6.45) is -4.33. The molecule has 1 aromatic carbocycles. The van der Waals surface area contributed by atoms with Gasteiger partial charge in [0.1, 0.15) is 0 Å². The van der Waals surface area contributed by atoms with Gasteiger partial charge in [-0.05, 0) is 36.1 Å². The van der Waals surface area contributed by atoms with Gasteiger partial charge in [-0.2, -0.15) is 13.2 Å². The number of alkyl halides is 3. The van der Waals surface area contributed by atoms with Crippen molar-refractivity contribution in [3.63, 3.8) is 0 Å². The third kappa shape index (κ3) is 3.20. The summed E-state index contributed by atoms with van der Waals surface area (Å²) in [4.78, 5) is 0.911. The van der Waals surface area contributed by atoms with Crippen molar-refractivity contribution in [2.24, 2.45) is 0 Å². The van der Waals surface area contributed by atoms with Crippen molar-refractivity contribution in [2.75, 3.05) is 11.1 Å². The van der Waals surface area contributed by atoms with Crippen LogP contribution in [0.2, 0.25) is 0 Å². The van der Waals surface area contributed by atoms with E-state index in [1.807, 2.05) is 5.38 Å². The van der Waals surface area contributed by atoms with E-state index in [1.165, 1.54) is 24.3 Å². The van der Waals surface area contributed by atoms with Crippen LogP contribution in [0.3, 0.4) is 0 Å². The van der Waals surface area contributed by atoms with Crippen LogP contribution >= 0.6 is 11.3 Å². The Bertz CT molecular complexity index is 576. The second-order valence-corrected chi connectivity index (χ2v) is 5.18. The molecule has 0 unspecified atom stereocenters. The largest absolute Gasteiger partial charge is 0.416 e. The zero-order chi connectivity index (χ0) is 14.0. The van der Waals surface area contributed by atoms with Gasteiger partial charge in [-0.1, -0.05) is 6.07 Å². The van der Waals surface area contributed by atoms with Gasteiger partial charge in [-0.3, -0.25) is 0 Å². The number of anilines is 2. The smallest absolute Gasteiger partial charge is 0.398 e. The maximum absolute atomic E-state index is 12.8. The molecule has 6 heteroatoms. The van der Waals surface area contributed by atoms with E-state index in [9.17, 15) is 13.2 Å². The first kappa shape index (κ1) is 13.7. The summed E-state index contributed by atoms with van der Waals surface area (Å²) in [5.74, 6) is 0. The fourth-order valence-corrected chi connectivity index (χ4v) is 2.45. The number of hydrogen-bond donors (Lipinski definition) is 2. The minimum Gasteiger partial charge on any atom is -0.398 e. The van der Waals surface area contributed by atoms with Crippen LogP contribution in [0.25, 0.3) is 0 Å². The molecule has 0 saturated carbocycles. The van der Waals surface area contributed by atoms with Crippen LogP contribution in [0.4, 0.5) is 24.5 Å². The first-order chi connectivity index (χ1) is 8.88. The molecule has 2 rings (SSSR count). The molecule has 0 atom stereocenters. The molecular formula is C13H13F3N2S. The van der Waals surface area contributed by atoms with E-state index in [2.05, 4.69) is 5.32 Å². The lowest BCUT2D eigenvalue weighted by molar-refractivity contribution is -0.138. The number of hydrogen-bond acceptors (Lipinski definition) is 3. The van der Waals surface area contributed by atoms with Crippen molar-refractivity contribution in [1.29, 1.82) is 0 Å². The minimum atomic E-state index is -4.33. The average molecular weight is 286 g/mol. The van der Waals surface area contributed by atoms with Gasteiger partial charge in [0.2, 0.25) is 0 Å². The lowest BCUT2D eigenvalue weighted by atomic mass is 10.1. The number of nitrogen functional groups attached to an aromatic ring is 1. The molecule has 3 N–H and O–H groups in total. The Labute approximate surface area is 113 Å². The van der Waals surface area contributed by atoms with Crippen LogP contribution < -0.4 is 11.1 Å². The molecular weight excluding hydrogens is 273 g/mol. The molecule has 0 amide bonds. The topological polar surface area (TPSA) is 38.0 Å². The quantitative estimate of drug-likeness (QED) is 0.884. The molecule has 0 aliphatic heterocycles. The zero-order valence-corrected chi connectivity index (χ0v) is 11.0. The van der Waals surface area contributed by atoms with Gasteiger partial charge in [0.25, 0.3) is 0 Å². The predicted octanol–water partition coefficient (Wildman–Crippen LogP) is 4.27. The molecule has 1 aromatic heterocycles. The van der Waals surface area contributed by atoms with Gasteiger partial charge in [-0.25, -0.2) is 0 Å². The van der Waals surface area contributed by atoms with E-state index in [0.29, 0.717) is 17.9 Å². The maximum Gasteiger partial charge on any atom is 0.416 e. The summed E-state index contributed by atoms with van der Waals surface area (Å²) in [5, 5.41) is 4.81. The van der Waals surface area contributed by atoms with Gasteiger partial charge in [0.05, 0.1) is 12.1 Å². The van der Waals surface area contributed by atoms with Crippen LogP contribution in [0.1, 0.15) is 16.0 Å². The number of benzene rings is 1. The van der Waals surface area contributed by atoms with Gasteiger partial charge in [-0.15, -0.1) is 11.3 Å². The third-order valence-corrected chi connectivity index (χ3v) is 3.71. The standard InChI is InChI=1S/C13H13F3N2S/c1-8-2-3-9(6-10(8)13(14,15)16)18-7-12-11(17)4-5-19-12/h2-6,18H,7,17H2,1H3. The molecule has 0 radical (unpaired) electrons. The second-order valence-electron chi connectivity index (χ2n) is 4.18. The summed E-state index contributed by atoms with van der Waals surface area (Å²) in [7, 11) is 0. The fourth-order valence-electron chi connectivity index (χ4n) is 1.71. The van der Waals surface area contributed by atoms with Crippen LogP contribution in [-0.2, 0) is 12.7 Å². The third-order valence-electron chi connectivity index (χ3n) is 2.78. The van der Waals surface area contributed by atoms with E-state index in [4.69, 9.17) is 5.73 Å². The number of nitrogens with one attached hydrogen (secondary N) is 1. The van der Waals surface area contributed by atoms with Crippen molar-refractivity contribution in [1.82, 2.24) is 0 Å². The van der Waals surface area contributed by atoms with Crippen LogP contribution in [-0.4, -0.2) is 0 Å². The number of nitrogens with two attached hydrogens (primary N) is 1. The SMILES string of the molecule is Cc1ccc(NCc2sccc2N)cc1C(F)(F)F. The first-order valence-electron chi connectivity index (χ1n) is 5.61. The molecule has 102 valence electrons. The Kier molecular flexibility index (Phi) is 3.71. The molecule has 0 bridgehead atoms. The van der Waals surface area contributed by atoms with Gasteiger partial charge in [0.15, 0.2) is 0 Å². The van der Waals surface area contributed by atoms with Crippen molar-refractivity contribution in [2.45, 2.75) is 19.6 Å². The number of halogens is 3. The molecule has 2 nitrogen and oxygen atoms in total. The fraction of sp³-hybridized carbons (Fsp3) is 0.231. The van der Waals surface area contributed by atoms with Gasteiger partial charge >= 0.3 is 6.18 Å². The number of rotatable bonds is 3. The van der Waals surface area contributed by atoms with Crippen LogP contribution in [0, 0.1) is 6.92 Å². The van der Waals surface area contributed by atoms with Gasteiger partial charge in [0, 0.05) is 16.3 Å². The molecule has 2 aromatic rings. The summed E-state index contributed by atoms with van der Waals surface area (Å²) in [6, 6.07) is 5.99. The van der Waals surface area contributed by atoms with E-state index in [0.717, 1.165) is 10.9 Å². The molecule has 0 aliphatic rings. The van der Waals surface area contributed by atoms with Crippen LogP contribution in [0.15, 0.2) is 29.6 Å². The Balaban J connectivity index is 2.16. The molecule has 1 heterocycles. The lowest BCUT2D eigenvalue weighted by Gasteiger charge is -2.13. The van der Waals surface area contributed by atoms with Gasteiger partial charge < -0.3 is 11.1 Å². The van der Waals surface area contributed by atoms with E-state index < -0.39 is 11.7 Å². The average Bonchev–Trinajstić information content (AvgIpc) is 2.72. The summed E-state index contributed by atoms with van der Waals surface area (Å²) in [6.45, 7) is 1.87. The molecule has 0 saturated heterocycles. The van der Waals surface area contributed by atoms with Crippen molar-refractivity contribution in [3.8, 4) is 0 Å². The lowest BCUT2D eigenvalue weighted by Crippen LogP contribution is -2.09. The molecule has 0 aliphatic carbocycles. The Morgan fingerprint density at radius 1 is 1.26 bits per heavy atom. The number of aryl methyl sites for hydroxylation is 1. The second kappa shape index (κ2) is 5.13.